The van der Waals surface area contributed by atoms with Crippen LogP contribution in [0.4, 0.5) is 10.2 Å². The largest absolute Gasteiger partial charge is 0.483 e. The molecule has 0 atom stereocenters. The number of nitrogens with zero attached hydrogens (tertiary/aromatic N) is 4. The van der Waals surface area contributed by atoms with Gasteiger partial charge in [-0.05, 0) is 78.1 Å². The van der Waals surface area contributed by atoms with Gasteiger partial charge in [-0.25, -0.2) is 18.9 Å². The number of carbonyl (C=O) groups is 2. The molecule has 3 aromatic heterocycles. The van der Waals surface area contributed by atoms with Crippen LogP contribution in [0.25, 0.3) is 28.2 Å². The molecule has 2 aromatic carbocycles. The zero-order valence-electron chi connectivity index (χ0n) is 22.0. The molecule has 0 aliphatic rings. The second-order valence-electron chi connectivity index (χ2n) is 9.88. The average molecular weight is 526 g/mol. The van der Waals surface area contributed by atoms with E-state index in [1.165, 1.54) is 6.07 Å². The predicted octanol–water partition coefficient (Wildman–Crippen LogP) is 6.16. The Labute approximate surface area is 225 Å². The number of halogens is 1. The normalized spacial score (nSPS) is 11.0. The lowest BCUT2D eigenvalue weighted by molar-refractivity contribution is -0.122. The maximum atomic E-state index is 14.0. The smallest absolute Gasteiger partial charge is 0.290 e. The number of aromatic nitrogens is 4. The van der Waals surface area contributed by atoms with E-state index >= 15 is 0 Å². The summed E-state index contributed by atoms with van der Waals surface area (Å²) in [6.45, 7) is 7.87. The molecule has 9 heteroatoms. The van der Waals surface area contributed by atoms with E-state index in [4.69, 9.17) is 14.9 Å². The minimum Gasteiger partial charge on any atom is -0.483 e. The van der Waals surface area contributed by atoms with E-state index in [-0.39, 0.29) is 23.6 Å². The summed E-state index contributed by atoms with van der Waals surface area (Å²) >= 11 is 0. The fourth-order valence-electron chi connectivity index (χ4n) is 4.10. The molecule has 39 heavy (non-hydrogen) atoms. The molecular weight excluding hydrogens is 497 g/mol. The Kier molecular flexibility index (Phi) is 7.80. The number of amides is 1. The molecule has 0 saturated heterocycles. The number of benzene rings is 2. The fraction of sp³-hybridized carbons (Fsp3) is 0.167. The third-order valence-electron chi connectivity index (χ3n) is 6.11. The highest BCUT2D eigenvalue weighted by Gasteiger charge is 2.19. The van der Waals surface area contributed by atoms with Gasteiger partial charge in [-0.3, -0.25) is 9.59 Å². The Hall–Kier alpha value is -4.92. The quantitative estimate of drug-likeness (QED) is 0.272. The van der Waals surface area contributed by atoms with Crippen molar-refractivity contribution in [1.29, 1.82) is 0 Å². The third-order valence-corrected chi connectivity index (χ3v) is 6.11. The molecule has 0 aliphatic heterocycles. The monoisotopic (exact) mass is 525 g/mol. The Morgan fingerprint density at radius 3 is 2.38 bits per heavy atom. The van der Waals surface area contributed by atoms with Crippen LogP contribution in [0.5, 0.6) is 0 Å². The predicted molar refractivity (Wildman–Crippen MR) is 148 cm³/mol. The van der Waals surface area contributed by atoms with Gasteiger partial charge in [0.2, 0.25) is 0 Å². The molecule has 0 bridgehead atoms. The van der Waals surface area contributed by atoms with E-state index in [1.807, 2.05) is 42.5 Å². The van der Waals surface area contributed by atoms with Gasteiger partial charge in [0, 0.05) is 29.1 Å². The van der Waals surface area contributed by atoms with E-state index in [0.29, 0.717) is 28.3 Å². The van der Waals surface area contributed by atoms with Crippen molar-refractivity contribution in [2.75, 3.05) is 5.32 Å². The summed E-state index contributed by atoms with van der Waals surface area (Å²) in [6.07, 6.45) is 3.32. The van der Waals surface area contributed by atoms with E-state index in [2.05, 4.69) is 36.2 Å². The summed E-state index contributed by atoms with van der Waals surface area (Å²) in [7, 11) is 0. The van der Waals surface area contributed by atoms with Crippen molar-refractivity contribution in [2.24, 2.45) is 0 Å². The molecule has 1 amide bonds. The molecular formula is C30H28FN5O3. The van der Waals surface area contributed by atoms with Gasteiger partial charge >= 0.3 is 0 Å². The zero-order valence-corrected chi connectivity index (χ0v) is 22.0. The number of fused-ring (bicyclic) bond motifs is 1. The number of aryl methyl sites for hydroxylation is 1. The molecule has 3 heterocycles. The van der Waals surface area contributed by atoms with E-state index < -0.39 is 0 Å². The number of carboxylic acid groups (broad SMARTS) is 1. The summed E-state index contributed by atoms with van der Waals surface area (Å²) in [5, 5.41) is 14.3. The van der Waals surface area contributed by atoms with Crippen LogP contribution in [0.3, 0.4) is 0 Å². The van der Waals surface area contributed by atoms with Crippen LogP contribution in [0.2, 0.25) is 0 Å². The summed E-state index contributed by atoms with van der Waals surface area (Å²) in [5.74, 6) is -0.109. The summed E-state index contributed by atoms with van der Waals surface area (Å²) in [5.41, 5.74) is 5.84. The minimum absolute atomic E-state index is 0.00765. The third kappa shape index (κ3) is 5.98. The Bertz CT molecular complexity index is 1640. The highest BCUT2D eigenvalue weighted by atomic mass is 19.1. The zero-order chi connectivity index (χ0) is 28.2. The Morgan fingerprint density at radius 1 is 1.00 bits per heavy atom. The Morgan fingerprint density at radius 2 is 1.72 bits per heavy atom. The Balaban J connectivity index is 0.00000112. The van der Waals surface area contributed by atoms with E-state index in [9.17, 15) is 9.18 Å². The first kappa shape index (κ1) is 27.1. The van der Waals surface area contributed by atoms with Gasteiger partial charge in [-0.1, -0.05) is 32.9 Å². The number of imidazole rings is 1. The van der Waals surface area contributed by atoms with Crippen molar-refractivity contribution in [3.05, 3.63) is 102 Å². The molecule has 5 aromatic rings. The van der Waals surface area contributed by atoms with Gasteiger partial charge < -0.3 is 10.4 Å². The van der Waals surface area contributed by atoms with Crippen LogP contribution in [0.1, 0.15) is 42.3 Å². The molecule has 0 fully saturated rings. The lowest BCUT2D eigenvalue weighted by Crippen LogP contribution is -2.15. The second kappa shape index (κ2) is 11.2. The van der Waals surface area contributed by atoms with Gasteiger partial charge in [0.15, 0.2) is 5.65 Å². The number of hydrogen-bond donors (Lipinski definition) is 2. The molecule has 0 aliphatic carbocycles. The van der Waals surface area contributed by atoms with Crippen molar-refractivity contribution < 1.29 is 19.1 Å². The first-order chi connectivity index (χ1) is 18.6. The van der Waals surface area contributed by atoms with Gasteiger partial charge in [-0.2, -0.15) is 5.10 Å². The van der Waals surface area contributed by atoms with Crippen LogP contribution in [0, 0.1) is 12.7 Å². The molecule has 2 N–H and O–H groups in total. The topological polar surface area (TPSA) is 109 Å². The average Bonchev–Trinajstić information content (AvgIpc) is 3.30. The molecule has 0 unspecified atom stereocenters. The van der Waals surface area contributed by atoms with Crippen molar-refractivity contribution in [2.45, 2.75) is 33.1 Å². The number of hydrogen-bond acceptors (Lipinski definition) is 5. The molecule has 8 nitrogen and oxygen atoms in total. The van der Waals surface area contributed by atoms with Crippen molar-refractivity contribution in [3.63, 3.8) is 0 Å². The maximum absolute atomic E-state index is 14.0. The van der Waals surface area contributed by atoms with Crippen molar-refractivity contribution >= 4 is 23.8 Å². The SMILES string of the molecule is Cc1cc(-c2nc3cccnn3c2-c2ccnc(NC(=O)c3ccc(C(C)(C)C)cc3)c2)ccc1F.O=CO. The number of rotatable bonds is 4. The first-order valence-electron chi connectivity index (χ1n) is 12.2. The highest BCUT2D eigenvalue weighted by molar-refractivity contribution is 6.04. The van der Waals surface area contributed by atoms with Gasteiger partial charge in [-0.15, -0.1) is 0 Å². The van der Waals surface area contributed by atoms with Gasteiger partial charge in [0.25, 0.3) is 12.4 Å². The number of pyridine rings is 1. The lowest BCUT2D eigenvalue weighted by Gasteiger charge is -2.19. The molecule has 0 saturated carbocycles. The van der Waals surface area contributed by atoms with E-state index in [0.717, 1.165) is 22.4 Å². The van der Waals surface area contributed by atoms with Crippen LogP contribution in [0.15, 0.2) is 79.1 Å². The van der Waals surface area contributed by atoms with Crippen molar-refractivity contribution in [3.8, 4) is 22.5 Å². The number of carbonyl (C=O) groups excluding carboxylic acids is 1. The van der Waals surface area contributed by atoms with Crippen LogP contribution in [-0.2, 0) is 10.2 Å². The van der Waals surface area contributed by atoms with Gasteiger partial charge in [0.05, 0.1) is 5.69 Å². The first-order valence-corrected chi connectivity index (χ1v) is 12.2. The summed E-state index contributed by atoms with van der Waals surface area (Å²) < 4.78 is 15.7. The van der Waals surface area contributed by atoms with Crippen molar-refractivity contribution in [1.82, 2.24) is 19.6 Å². The molecule has 0 spiro atoms. The molecule has 0 radical (unpaired) electrons. The minimum atomic E-state index is -0.272. The van der Waals surface area contributed by atoms with Crippen LogP contribution >= 0.6 is 0 Å². The second-order valence-corrected chi connectivity index (χ2v) is 9.88. The fourth-order valence-corrected chi connectivity index (χ4v) is 4.10. The highest BCUT2D eigenvalue weighted by Crippen LogP contribution is 2.33. The standard InChI is InChI=1S/C29H26FN5O.CH2O2/c1-18-16-20(9-12-23(18)30)26-27(35-25(34-26)6-5-14-32-35)21-13-15-31-24(17-21)33-28(36)19-7-10-22(11-8-19)29(2,3)4;2-1-3/h5-17H,1-4H3,(H,31,33,36);1H,(H,2,3). The number of nitrogens with one attached hydrogen (secondary N) is 1. The molecule has 5 rings (SSSR count). The van der Waals surface area contributed by atoms with Crippen LogP contribution in [-0.4, -0.2) is 37.1 Å². The summed E-state index contributed by atoms with van der Waals surface area (Å²) in [4.78, 5) is 30.4. The maximum Gasteiger partial charge on any atom is 0.290 e. The molecule has 198 valence electrons. The lowest BCUT2D eigenvalue weighted by atomic mass is 9.87. The number of anilines is 1. The van der Waals surface area contributed by atoms with Gasteiger partial charge in [0.1, 0.15) is 17.3 Å². The van der Waals surface area contributed by atoms with E-state index in [1.54, 1.807) is 42.0 Å². The summed E-state index contributed by atoms with van der Waals surface area (Å²) in [6, 6.07) is 19.8. The van der Waals surface area contributed by atoms with Crippen LogP contribution < -0.4 is 5.32 Å².